The van der Waals surface area contributed by atoms with Gasteiger partial charge < -0.3 is 10.6 Å². The molecule has 10 heteroatoms. The van der Waals surface area contributed by atoms with Crippen LogP contribution in [0.2, 0.25) is 5.02 Å². The molecular formula is C20H16ClFN2O4S2. The van der Waals surface area contributed by atoms with Crippen molar-refractivity contribution in [3.8, 4) is 0 Å². The molecule has 0 unspecified atom stereocenters. The summed E-state index contributed by atoms with van der Waals surface area (Å²) in [6, 6.07) is 10.9. The lowest BCUT2D eigenvalue weighted by Gasteiger charge is -2.06. The number of sulfone groups is 1. The summed E-state index contributed by atoms with van der Waals surface area (Å²) in [5, 5.41) is 5.75. The van der Waals surface area contributed by atoms with Gasteiger partial charge in [-0.15, -0.1) is 11.3 Å². The van der Waals surface area contributed by atoms with E-state index in [1.807, 2.05) is 0 Å². The van der Waals surface area contributed by atoms with Crippen LogP contribution < -0.4 is 10.6 Å². The third-order valence-corrected chi connectivity index (χ3v) is 6.67. The van der Waals surface area contributed by atoms with Crippen LogP contribution in [-0.4, -0.2) is 26.5 Å². The minimum atomic E-state index is -3.32. The van der Waals surface area contributed by atoms with E-state index in [1.165, 1.54) is 30.3 Å². The number of benzene rings is 2. The molecule has 6 nitrogen and oxygen atoms in total. The van der Waals surface area contributed by atoms with Gasteiger partial charge in [-0.25, -0.2) is 12.8 Å². The maximum atomic E-state index is 13.2. The summed E-state index contributed by atoms with van der Waals surface area (Å²) < 4.78 is 36.2. The molecule has 0 atom stereocenters. The highest BCUT2D eigenvalue weighted by Crippen LogP contribution is 2.29. The smallest absolute Gasteiger partial charge is 0.266 e. The Bertz CT molecular complexity index is 1240. The highest BCUT2D eigenvalue weighted by atomic mass is 35.5. The molecule has 0 fully saturated rings. The summed E-state index contributed by atoms with van der Waals surface area (Å²) in [5.74, 6) is -1.47. The van der Waals surface area contributed by atoms with Crippen molar-refractivity contribution in [3.63, 3.8) is 0 Å². The number of nitrogens with one attached hydrogen (secondary N) is 2. The van der Waals surface area contributed by atoms with Gasteiger partial charge in [-0.1, -0.05) is 11.6 Å². The summed E-state index contributed by atoms with van der Waals surface area (Å²) in [6.07, 6.45) is 1.10. The summed E-state index contributed by atoms with van der Waals surface area (Å²) in [5.41, 5.74) is 1.19. The van der Waals surface area contributed by atoms with Crippen molar-refractivity contribution in [3.05, 3.63) is 75.4 Å². The molecule has 156 valence electrons. The van der Waals surface area contributed by atoms with Crippen molar-refractivity contribution in [2.24, 2.45) is 0 Å². The highest BCUT2D eigenvalue weighted by Gasteiger charge is 2.17. The van der Waals surface area contributed by atoms with Gasteiger partial charge in [0.2, 0.25) is 0 Å². The number of halogens is 2. The predicted octanol–water partition coefficient (Wildman–Crippen LogP) is 4.76. The van der Waals surface area contributed by atoms with Crippen LogP contribution in [0.5, 0.6) is 0 Å². The number of anilines is 2. The molecule has 0 saturated heterocycles. The molecule has 0 bridgehead atoms. The second-order valence-electron chi connectivity index (χ2n) is 6.45. The van der Waals surface area contributed by atoms with Crippen LogP contribution in [0.1, 0.15) is 25.6 Å². The van der Waals surface area contributed by atoms with Gasteiger partial charge in [0.05, 0.1) is 25.4 Å². The summed E-state index contributed by atoms with van der Waals surface area (Å²) in [6.45, 7) is 1.72. The van der Waals surface area contributed by atoms with Crippen molar-refractivity contribution < 1.29 is 22.4 Å². The number of carbonyl (C=O) groups excluding carboxylic acids is 2. The molecule has 0 spiro atoms. The minimum absolute atomic E-state index is 0.0173. The van der Waals surface area contributed by atoms with Gasteiger partial charge in [0.1, 0.15) is 5.82 Å². The molecule has 0 aliphatic carbocycles. The molecule has 2 amide bonds. The van der Waals surface area contributed by atoms with E-state index < -0.39 is 27.5 Å². The van der Waals surface area contributed by atoms with Crippen molar-refractivity contribution in [2.75, 3.05) is 16.9 Å². The number of thiophene rings is 1. The van der Waals surface area contributed by atoms with E-state index >= 15 is 0 Å². The molecule has 3 rings (SSSR count). The van der Waals surface area contributed by atoms with Gasteiger partial charge >= 0.3 is 0 Å². The van der Waals surface area contributed by atoms with E-state index in [0.717, 1.165) is 29.7 Å². The molecule has 2 N–H and O–H groups in total. The summed E-state index contributed by atoms with van der Waals surface area (Å²) in [7, 11) is -3.32. The fourth-order valence-electron chi connectivity index (χ4n) is 2.60. The summed E-state index contributed by atoms with van der Waals surface area (Å²) >= 11 is 6.98. The normalized spacial score (nSPS) is 11.2. The van der Waals surface area contributed by atoms with E-state index in [4.69, 9.17) is 11.6 Å². The number of hydrogen-bond acceptors (Lipinski definition) is 5. The number of amides is 2. The van der Waals surface area contributed by atoms with Gasteiger partial charge in [-0.2, -0.15) is 0 Å². The highest BCUT2D eigenvalue weighted by molar-refractivity contribution is 7.90. The lowest BCUT2D eigenvalue weighted by molar-refractivity contribution is 0.102. The second-order valence-corrected chi connectivity index (χ2v) is 9.93. The number of carbonyl (C=O) groups is 2. The summed E-state index contributed by atoms with van der Waals surface area (Å²) in [4.78, 5) is 25.5. The first-order chi connectivity index (χ1) is 14.0. The van der Waals surface area contributed by atoms with Crippen molar-refractivity contribution in [2.45, 2.75) is 11.8 Å². The van der Waals surface area contributed by atoms with Crippen LogP contribution in [0.3, 0.4) is 0 Å². The number of rotatable bonds is 5. The van der Waals surface area contributed by atoms with Crippen LogP contribution in [0.15, 0.2) is 53.4 Å². The Kier molecular flexibility index (Phi) is 6.25. The Balaban J connectivity index is 1.73. The number of aryl methyl sites for hydroxylation is 1. The Morgan fingerprint density at radius 1 is 1.00 bits per heavy atom. The van der Waals surface area contributed by atoms with Crippen molar-refractivity contribution in [1.29, 1.82) is 0 Å². The first-order valence-electron chi connectivity index (χ1n) is 8.53. The Labute approximate surface area is 181 Å². The Hall–Kier alpha value is -2.75. The largest absolute Gasteiger partial charge is 0.321 e. The standard InChI is InChI=1S/C20H16ClFN2O4S2/c1-11-9-17(24-19(25)15-8-3-12(22)10-16(15)21)29-18(11)20(26)23-13-4-6-14(7-5-13)30(2,27)28/h3-10H,1-2H3,(H,23,26)(H,24,25). The van der Waals surface area contributed by atoms with Gasteiger partial charge in [0.25, 0.3) is 11.8 Å². The average Bonchev–Trinajstić information content (AvgIpc) is 3.01. The maximum absolute atomic E-state index is 13.2. The van der Waals surface area contributed by atoms with Gasteiger partial charge in [0.15, 0.2) is 9.84 Å². The van der Waals surface area contributed by atoms with Crippen LogP contribution in [-0.2, 0) is 9.84 Å². The van der Waals surface area contributed by atoms with Gasteiger partial charge in [-0.05, 0) is 61.0 Å². The fourth-order valence-corrected chi connectivity index (χ4v) is 4.44. The van der Waals surface area contributed by atoms with Crippen LogP contribution in [0, 0.1) is 12.7 Å². The molecule has 0 aliphatic heterocycles. The average molecular weight is 467 g/mol. The SMILES string of the molecule is Cc1cc(NC(=O)c2ccc(F)cc2Cl)sc1C(=O)Nc1ccc(S(C)(=O)=O)cc1. The maximum Gasteiger partial charge on any atom is 0.266 e. The van der Waals surface area contributed by atoms with Crippen molar-refractivity contribution >= 4 is 55.3 Å². The molecule has 0 saturated carbocycles. The van der Waals surface area contributed by atoms with Crippen LogP contribution in [0.4, 0.5) is 15.1 Å². The molecule has 0 aliphatic rings. The first kappa shape index (κ1) is 21.9. The van der Waals surface area contributed by atoms with E-state index in [9.17, 15) is 22.4 Å². The molecular weight excluding hydrogens is 451 g/mol. The number of hydrogen-bond donors (Lipinski definition) is 2. The van der Waals surface area contributed by atoms with E-state index in [2.05, 4.69) is 10.6 Å². The van der Waals surface area contributed by atoms with E-state index in [0.29, 0.717) is 21.1 Å². The first-order valence-corrected chi connectivity index (χ1v) is 11.6. The zero-order valence-corrected chi connectivity index (χ0v) is 18.2. The fraction of sp³-hybridized carbons (Fsp3) is 0.100. The monoisotopic (exact) mass is 466 g/mol. The predicted molar refractivity (Wildman–Crippen MR) is 116 cm³/mol. The third kappa shape index (κ3) is 5.05. The van der Waals surface area contributed by atoms with E-state index in [-0.39, 0.29) is 15.5 Å². The second kappa shape index (κ2) is 8.55. The third-order valence-electron chi connectivity index (χ3n) is 4.08. The molecule has 30 heavy (non-hydrogen) atoms. The molecule has 1 heterocycles. The van der Waals surface area contributed by atoms with Gasteiger partial charge in [0, 0.05) is 11.9 Å². The quantitative estimate of drug-likeness (QED) is 0.567. The van der Waals surface area contributed by atoms with Crippen molar-refractivity contribution in [1.82, 2.24) is 0 Å². The topological polar surface area (TPSA) is 92.3 Å². The zero-order chi connectivity index (χ0) is 22.1. The lowest BCUT2D eigenvalue weighted by Crippen LogP contribution is -2.12. The van der Waals surface area contributed by atoms with Gasteiger partial charge in [-0.3, -0.25) is 9.59 Å². The van der Waals surface area contributed by atoms with Crippen LogP contribution >= 0.6 is 22.9 Å². The Morgan fingerprint density at radius 2 is 1.67 bits per heavy atom. The molecule has 1 aromatic heterocycles. The molecule has 2 aromatic carbocycles. The zero-order valence-electron chi connectivity index (χ0n) is 15.8. The molecule has 0 radical (unpaired) electrons. The van der Waals surface area contributed by atoms with E-state index in [1.54, 1.807) is 13.0 Å². The van der Waals surface area contributed by atoms with Crippen LogP contribution in [0.25, 0.3) is 0 Å². The lowest BCUT2D eigenvalue weighted by atomic mass is 10.2. The Morgan fingerprint density at radius 3 is 2.27 bits per heavy atom. The molecule has 3 aromatic rings. The minimum Gasteiger partial charge on any atom is -0.321 e.